The first-order valence-corrected chi connectivity index (χ1v) is 10.3. The molecule has 2 fully saturated rings. The minimum atomic E-state index is -0.548. The molecule has 0 saturated carbocycles. The summed E-state index contributed by atoms with van der Waals surface area (Å²) in [7, 11) is 0. The van der Waals surface area contributed by atoms with Crippen molar-refractivity contribution in [3.63, 3.8) is 0 Å². The highest BCUT2D eigenvalue weighted by Gasteiger charge is 2.28. The van der Waals surface area contributed by atoms with Gasteiger partial charge in [0.05, 0.1) is 23.1 Å². The van der Waals surface area contributed by atoms with Crippen LogP contribution >= 0.6 is 0 Å². The van der Waals surface area contributed by atoms with Crippen molar-refractivity contribution in [2.75, 3.05) is 62.3 Å². The van der Waals surface area contributed by atoms with Gasteiger partial charge in [-0.3, -0.25) is 25.0 Å². The Morgan fingerprint density at radius 1 is 0.812 bits per heavy atom. The molecule has 0 atom stereocenters. The number of piperazine rings is 1. The number of carbonyl (C=O) groups is 1. The van der Waals surface area contributed by atoms with Gasteiger partial charge in [-0.1, -0.05) is 12.1 Å². The predicted octanol–water partition coefficient (Wildman–Crippen LogP) is 2.30. The van der Waals surface area contributed by atoms with Crippen LogP contribution in [0.25, 0.3) is 0 Å². The van der Waals surface area contributed by atoms with E-state index < -0.39 is 4.92 Å². The van der Waals surface area contributed by atoms with Gasteiger partial charge >= 0.3 is 0 Å². The lowest BCUT2D eigenvalue weighted by Gasteiger charge is -2.36. The zero-order valence-electron chi connectivity index (χ0n) is 17.4. The van der Waals surface area contributed by atoms with Crippen molar-refractivity contribution in [1.82, 2.24) is 4.90 Å². The molecule has 2 aliphatic rings. The normalized spacial score (nSPS) is 16.7. The Bertz CT molecular complexity index is 1030. The average Bonchev–Trinajstić information content (AvgIpc) is 2.83. The van der Waals surface area contributed by atoms with Gasteiger partial charge in [0, 0.05) is 57.1 Å². The highest BCUT2D eigenvalue weighted by Crippen LogP contribution is 2.33. The minimum absolute atomic E-state index is 0.0563. The van der Waals surface area contributed by atoms with E-state index in [1.807, 2.05) is 11.0 Å². The fourth-order valence-corrected chi connectivity index (χ4v) is 4.07. The minimum Gasteiger partial charge on any atom is -0.378 e. The van der Waals surface area contributed by atoms with Gasteiger partial charge in [0.15, 0.2) is 0 Å². The molecule has 2 aromatic carbocycles. The molecule has 0 radical (unpaired) electrons. The first kappa shape index (κ1) is 21.5. The van der Waals surface area contributed by atoms with E-state index in [4.69, 9.17) is 4.74 Å². The molecule has 2 aromatic rings. The van der Waals surface area contributed by atoms with E-state index in [1.165, 1.54) is 24.3 Å². The molecular formula is C21H23N5O6. The third-order valence-corrected chi connectivity index (χ3v) is 5.77. The summed E-state index contributed by atoms with van der Waals surface area (Å²) in [5.41, 5.74) is 1.34. The lowest BCUT2D eigenvalue weighted by atomic mass is 10.1. The van der Waals surface area contributed by atoms with Gasteiger partial charge in [-0.2, -0.15) is 0 Å². The zero-order valence-corrected chi connectivity index (χ0v) is 17.4. The number of nitrogens with zero attached hydrogens (tertiary/aromatic N) is 5. The molecular weight excluding hydrogens is 418 g/mol. The van der Waals surface area contributed by atoms with Gasteiger partial charge in [0.1, 0.15) is 11.3 Å². The van der Waals surface area contributed by atoms with Crippen molar-refractivity contribution >= 4 is 28.7 Å². The number of anilines is 2. The lowest BCUT2D eigenvalue weighted by Crippen LogP contribution is -2.49. The van der Waals surface area contributed by atoms with Gasteiger partial charge in [-0.15, -0.1) is 0 Å². The predicted molar refractivity (Wildman–Crippen MR) is 117 cm³/mol. The summed E-state index contributed by atoms with van der Waals surface area (Å²) in [6.07, 6.45) is 0. The van der Waals surface area contributed by atoms with Gasteiger partial charge < -0.3 is 19.4 Å². The van der Waals surface area contributed by atoms with E-state index >= 15 is 0 Å². The fourth-order valence-electron chi connectivity index (χ4n) is 4.07. The van der Waals surface area contributed by atoms with Crippen molar-refractivity contribution in [1.29, 1.82) is 0 Å². The van der Waals surface area contributed by atoms with Crippen LogP contribution in [-0.4, -0.2) is 73.1 Å². The maximum atomic E-state index is 12.9. The van der Waals surface area contributed by atoms with E-state index in [0.29, 0.717) is 58.2 Å². The van der Waals surface area contributed by atoms with Crippen LogP contribution in [0.3, 0.4) is 0 Å². The Balaban J connectivity index is 1.49. The van der Waals surface area contributed by atoms with Crippen molar-refractivity contribution in [3.05, 3.63) is 68.3 Å². The first-order valence-electron chi connectivity index (χ1n) is 10.3. The van der Waals surface area contributed by atoms with Crippen LogP contribution in [0.4, 0.5) is 22.7 Å². The number of carbonyl (C=O) groups excluding carboxylic acids is 1. The molecule has 2 saturated heterocycles. The quantitative estimate of drug-likeness (QED) is 0.512. The van der Waals surface area contributed by atoms with Gasteiger partial charge in [-0.05, 0) is 18.2 Å². The van der Waals surface area contributed by atoms with E-state index in [9.17, 15) is 25.0 Å². The largest absolute Gasteiger partial charge is 0.378 e. The zero-order chi connectivity index (χ0) is 22.7. The molecule has 11 heteroatoms. The monoisotopic (exact) mass is 441 g/mol. The van der Waals surface area contributed by atoms with Crippen LogP contribution < -0.4 is 9.80 Å². The van der Waals surface area contributed by atoms with Gasteiger partial charge in [0.2, 0.25) is 0 Å². The molecule has 168 valence electrons. The number of amides is 1. The lowest BCUT2D eigenvalue weighted by molar-refractivity contribution is -0.385. The molecule has 0 bridgehead atoms. The van der Waals surface area contributed by atoms with Gasteiger partial charge in [-0.25, -0.2) is 0 Å². The second-order valence-electron chi connectivity index (χ2n) is 7.58. The number of ether oxygens (including phenoxy) is 1. The Kier molecular flexibility index (Phi) is 6.17. The number of hydrogen-bond acceptors (Lipinski definition) is 8. The SMILES string of the molecule is O=C(c1ccccc1[N+](=O)[O-])N1CCN(c2ccc([N+](=O)[O-])c(N3CCOCC3)c2)CC1. The summed E-state index contributed by atoms with van der Waals surface area (Å²) in [5, 5.41) is 22.8. The van der Waals surface area contributed by atoms with Crippen molar-refractivity contribution < 1.29 is 19.4 Å². The van der Waals surface area contributed by atoms with Crippen LogP contribution in [0, 0.1) is 20.2 Å². The van der Waals surface area contributed by atoms with Crippen LogP contribution in [0.1, 0.15) is 10.4 Å². The molecule has 32 heavy (non-hydrogen) atoms. The maximum Gasteiger partial charge on any atom is 0.292 e. The summed E-state index contributed by atoms with van der Waals surface area (Å²) in [4.78, 5) is 40.3. The summed E-state index contributed by atoms with van der Waals surface area (Å²) in [5.74, 6) is -0.366. The molecule has 11 nitrogen and oxygen atoms in total. The smallest absolute Gasteiger partial charge is 0.292 e. The van der Waals surface area contributed by atoms with Crippen molar-refractivity contribution in [3.8, 4) is 0 Å². The second kappa shape index (κ2) is 9.18. The Hall–Kier alpha value is -3.73. The molecule has 4 rings (SSSR count). The van der Waals surface area contributed by atoms with E-state index in [2.05, 4.69) is 4.90 Å². The summed E-state index contributed by atoms with van der Waals surface area (Å²) < 4.78 is 5.36. The van der Waals surface area contributed by atoms with Crippen LogP contribution in [0.15, 0.2) is 42.5 Å². The first-order chi connectivity index (χ1) is 15.5. The number of nitro groups is 2. The number of para-hydroxylation sites is 1. The van der Waals surface area contributed by atoms with E-state index in [1.54, 1.807) is 17.0 Å². The topological polar surface area (TPSA) is 122 Å². The summed E-state index contributed by atoms with van der Waals surface area (Å²) >= 11 is 0. The van der Waals surface area contributed by atoms with Crippen LogP contribution in [0.2, 0.25) is 0 Å². The Labute approximate surface area is 184 Å². The highest BCUT2D eigenvalue weighted by atomic mass is 16.6. The third kappa shape index (κ3) is 4.33. The Morgan fingerprint density at radius 3 is 2.12 bits per heavy atom. The molecule has 2 aliphatic heterocycles. The molecule has 0 aromatic heterocycles. The highest BCUT2D eigenvalue weighted by molar-refractivity contribution is 5.98. The number of nitro benzene ring substituents is 2. The van der Waals surface area contributed by atoms with E-state index in [0.717, 1.165) is 5.69 Å². The standard InChI is InChI=1S/C21H23N5O6/c27-21(17-3-1-2-4-18(17)25(28)29)24-9-7-22(8-10-24)16-5-6-19(26(30)31)20(15-16)23-11-13-32-14-12-23/h1-6,15H,7-14H2. The third-order valence-electron chi connectivity index (χ3n) is 5.77. The fraction of sp³-hybridized carbons (Fsp3) is 0.381. The average molecular weight is 441 g/mol. The molecule has 0 N–H and O–H groups in total. The molecule has 2 heterocycles. The molecule has 0 spiro atoms. The molecule has 0 unspecified atom stereocenters. The van der Waals surface area contributed by atoms with Gasteiger partial charge in [0.25, 0.3) is 17.3 Å². The van der Waals surface area contributed by atoms with Crippen LogP contribution in [-0.2, 0) is 4.74 Å². The van der Waals surface area contributed by atoms with Crippen LogP contribution in [0.5, 0.6) is 0 Å². The number of morpholine rings is 1. The molecule has 0 aliphatic carbocycles. The number of benzene rings is 2. The molecule has 1 amide bonds. The maximum absolute atomic E-state index is 12.9. The second-order valence-corrected chi connectivity index (χ2v) is 7.58. The summed E-state index contributed by atoms with van der Waals surface area (Å²) in [6.45, 7) is 4.05. The van der Waals surface area contributed by atoms with Crippen molar-refractivity contribution in [2.24, 2.45) is 0 Å². The number of hydrogen-bond donors (Lipinski definition) is 0. The number of rotatable bonds is 5. The van der Waals surface area contributed by atoms with E-state index in [-0.39, 0.29) is 27.8 Å². The van der Waals surface area contributed by atoms with Crippen molar-refractivity contribution in [2.45, 2.75) is 0 Å². The summed E-state index contributed by atoms with van der Waals surface area (Å²) in [6, 6.07) is 11.0. The Morgan fingerprint density at radius 2 is 1.47 bits per heavy atom.